The van der Waals surface area contributed by atoms with Crippen molar-refractivity contribution in [2.75, 3.05) is 6.54 Å². The summed E-state index contributed by atoms with van der Waals surface area (Å²) < 4.78 is 1.71. The number of aryl methyl sites for hydroxylation is 1. The molecule has 24 heavy (non-hydrogen) atoms. The minimum absolute atomic E-state index is 0.0482. The molecule has 2 aromatic heterocycles. The normalized spacial score (nSPS) is 16.0. The number of hydrogen-bond donors (Lipinski definition) is 1. The number of thioether (sulfide) groups is 1. The first-order valence-corrected chi connectivity index (χ1v) is 9.28. The molecule has 2 heterocycles. The van der Waals surface area contributed by atoms with E-state index >= 15 is 0 Å². The van der Waals surface area contributed by atoms with E-state index in [1.807, 2.05) is 14.0 Å². The second kappa shape index (κ2) is 7.79. The molecular weight excluding hydrogens is 322 g/mol. The molecule has 1 unspecified atom stereocenters. The van der Waals surface area contributed by atoms with Crippen LogP contribution in [0.25, 0.3) is 11.0 Å². The number of nitrogens with zero attached hydrogens (tertiary/aromatic N) is 4. The second-order valence-electron chi connectivity index (χ2n) is 6.09. The Morgan fingerprint density at radius 1 is 1.42 bits per heavy atom. The van der Waals surface area contributed by atoms with E-state index in [-0.39, 0.29) is 11.2 Å². The van der Waals surface area contributed by atoms with E-state index in [0.717, 1.165) is 22.5 Å². The highest BCUT2D eigenvalue weighted by atomic mass is 32.2. The van der Waals surface area contributed by atoms with Gasteiger partial charge in [-0.3, -0.25) is 9.48 Å². The number of nitrogens with one attached hydrogen (secondary N) is 1. The lowest BCUT2D eigenvalue weighted by molar-refractivity contribution is -0.120. The fourth-order valence-electron chi connectivity index (χ4n) is 2.88. The molecule has 0 fully saturated rings. The van der Waals surface area contributed by atoms with Gasteiger partial charge in [-0.25, -0.2) is 9.97 Å². The lowest BCUT2D eigenvalue weighted by Gasteiger charge is -2.15. The summed E-state index contributed by atoms with van der Waals surface area (Å²) in [5.41, 5.74) is 2.26. The van der Waals surface area contributed by atoms with Crippen LogP contribution >= 0.6 is 11.8 Å². The van der Waals surface area contributed by atoms with Crippen LogP contribution in [0.4, 0.5) is 0 Å². The highest BCUT2D eigenvalue weighted by molar-refractivity contribution is 8.00. The van der Waals surface area contributed by atoms with Gasteiger partial charge in [-0.2, -0.15) is 5.10 Å². The van der Waals surface area contributed by atoms with E-state index < -0.39 is 0 Å². The van der Waals surface area contributed by atoms with Crippen molar-refractivity contribution in [3.63, 3.8) is 0 Å². The molecule has 128 valence electrons. The van der Waals surface area contributed by atoms with Gasteiger partial charge in [0.25, 0.3) is 0 Å². The summed E-state index contributed by atoms with van der Waals surface area (Å²) in [5.74, 6) is 0.0482. The van der Waals surface area contributed by atoms with E-state index in [0.29, 0.717) is 6.54 Å². The maximum absolute atomic E-state index is 12.3. The molecule has 3 rings (SSSR count). The number of rotatable bonds is 6. The molecule has 0 saturated heterocycles. The summed E-state index contributed by atoms with van der Waals surface area (Å²) in [4.78, 5) is 20.8. The Balaban J connectivity index is 1.54. The fourth-order valence-corrected chi connectivity index (χ4v) is 3.78. The van der Waals surface area contributed by atoms with Crippen LogP contribution in [0.3, 0.4) is 0 Å². The van der Waals surface area contributed by atoms with Crippen LogP contribution in [0.15, 0.2) is 29.2 Å². The molecule has 0 bridgehead atoms. The Morgan fingerprint density at radius 2 is 2.29 bits per heavy atom. The van der Waals surface area contributed by atoms with Crippen molar-refractivity contribution in [1.82, 2.24) is 25.1 Å². The smallest absolute Gasteiger partial charge is 0.233 e. The quantitative estimate of drug-likeness (QED) is 0.495. The third-order valence-corrected chi connectivity index (χ3v) is 5.40. The molecule has 0 spiro atoms. The third kappa shape index (κ3) is 3.95. The molecular formula is C17H23N5OS. The first kappa shape index (κ1) is 17.0. The summed E-state index contributed by atoms with van der Waals surface area (Å²) >= 11 is 1.45. The van der Waals surface area contributed by atoms with Gasteiger partial charge in [0.05, 0.1) is 16.8 Å². The van der Waals surface area contributed by atoms with Gasteiger partial charge in [0.15, 0.2) is 5.65 Å². The van der Waals surface area contributed by atoms with Crippen molar-refractivity contribution < 1.29 is 4.79 Å². The zero-order chi connectivity index (χ0) is 16.9. The maximum Gasteiger partial charge on any atom is 0.233 e. The predicted octanol–water partition coefficient (Wildman–Crippen LogP) is 2.85. The van der Waals surface area contributed by atoms with Crippen LogP contribution in [0.2, 0.25) is 0 Å². The summed E-state index contributed by atoms with van der Waals surface area (Å²) in [7, 11) is 1.85. The minimum Gasteiger partial charge on any atom is -0.355 e. The average molecular weight is 345 g/mol. The molecule has 0 saturated carbocycles. The molecule has 2 aromatic rings. The van der Waals surface area contributed by atoms with Crippen molar-refractivity contribution in [2.24, 2.45) is 7.05 Å². The molecule has 1 N–H and O–H groups in total. The summed E-state index contributed by atoms with van der Waals surface area (Å²) in [5, 5.41) is 8.72. The lowest BCUT2D eigenvalue weighted by atomic mass is 9.97. The molecule has 0 aliphatic heterocycles. The summed E-state index contributed by atoms with van der Waals surface area (Å²) in [6.07, 6.45) is 11.5. The van der Waals surface area contributed by atoms with Crippen LogP contribution in [-0.2, 0) is 11.8 Å². The van der Waals surface area contributed by atoms with Gasteiger partial charge in [0, 0.05) is 13.6 Å². The molecule has 1 amide bonds. The number of hydrogen-bond acceptors (Lipinski definition) is 5. The Labute approximate surface area is 146 Å². The monoisotopic (exact) mass is 345 g/mol. The van der Waals surface area contributed by atoms with Gasteiger partial charge < -0.3 is 5.32 Å². The average Bonchev–Trinajstić information content (AvgIpc) is 2.98. The highest BCUT2D eigenvalue weighted by Crippen LogP contribution is 2.27. The van der Waals surface area contributed by atoms with Gasteiger partial charge in [0.2, 0.25) is 5.91 Å². The van der Waals surface area contributed by atoms with Gasteiger partial charge >= 0.3 is 0 Å². The number of amides is 1. The fraction of sp³-hybridized carbons (Fsp3) is 0.529. The number of fused-ring (bicyclic) bond motifs is 1. The Hall–Kier alpha value is -1.89. The van der Waals surface area contributed by atoms with E-state index in [1.54, 1.807) is 10.9 Å². The van der Waals surface area contributed by atoms with Crippen molar-refractivity contribution in [2.45, 2.75) is 49.3 Å². The highest BCUT2D eigenvalue weighted by Gasteiger charge is 2.18. The maximum atomic E-state index is 12.3. The van der Waals surface area contributed by atoms with E-state index in [2.05, 4.69) is 26.5 Å². The Kier molecular flexibility index (Phi) is 5.50. The molecule has 1 atom stereocenters. The van der Waals surface area contributed by atoms with Gasteiger partial charge in [-0.1, -0.05) is 23.4 Å². The first-order valence-electron chi connectivity index (χ1n) is 8.40. The lowest BCUT2D eigenvalue weighted by Crippen LogP contribution is -2.32. The van der Waals surface area contributed by atoms with Gasteiger partial charge in [-0.05, 0) is 39.0 Å². The minimum atomic E-state index is -0.205. The topological polar surface area (TPSA) is 72.7 Å². The second-order valence-corrected chi connectivity index (χ2v) is 7.42. The standard InChI is InChI=1S/C17H23N5OS/c1-12(16(23)18-9-8-13-6-4-3-5-7-13)24-17-14-10-21-22(2)15(14)19-11-20-17/h6,10-12H,3-5,7-9H2,1-2H3,(H,18,23). The van der Waals surface area contributed by atoms with Crippen molar-refractivity contribution in [3.8, 4) is 0 Å². The van der Waals surface area contributed by atoms with Crippen LogP contribution in [-0.4, -0.2) is 37.5 Å². The van der Waals surface area contributed by atoms with Gasteiger partial charge in [0.1, 0.15) is 11.4 Å². The van der Waals surface area contributed by atoms with Crippen LogP contribution in [0, 0.1) is 0 Å². The van der Waals surface area contributed by atoms with Crippen LogP contribution in [0.5, 0.6) is 0 Å². The van der Waals surface area contributed by atoms with Crippen molar-refractivity contribution >= 4 is 28.7 Å². The molecule has 1 aliphatic carbocycles. The summed E-state index contributed by atoms with van der Waals surface area (Å²) in [6.45, 7) is 2.62. The Morgan fingerprint density at radius 3 is 3.08 bits per heavy atom. The molecule has 0 radical (unpaired) electrons. The number of aromatic nitrogens is 4. The molecule has 0 aromatic carbocycles. The Bertz CT molecular complexity index is 755. The third-order valence-electron chi connectivity index (χ3n) is 4.28. The summed E-state index contributed by atoms with van der Waals surface area (Å²) in [6, 6.07) is 0. The van der Waals surface area contributed by atoms with Gasteiger partial charge in [-0.15, -0.1) is 0 Å². The first-order chi connectivity index (χ1) is 11.6. The van der Waals surface area contributed by atoms with Crippen molar-refractivity contribution in [1.29, 1.82) is 0 Å². The zero-order valence-corrected chi connectivity index (χ0v) is 15.0. The van der Waals surface area contributed by atoms with E-state index in [9.17, 15) is 4.79 Å². The molecule has 1 aliphatic rings. The number of carbonyl (C=O) groups is 1. The zero-order valence-electron chi connectivity index (χ0n) is 14.2. The van der Waals surface area contributed by atoms with Crippen LogP contribution in [0.1, 0.15) is 39.0 Å². The van der Waals surface area contributed by atoms with E-state index in [4.69, 9.17) is 0 Å². The van der Waals surface area contributed by atoms with Crippen LogP contribution < -0.4 is 5.32 Å². The molecule has 6 nitrogen and oxygen atoms in total. The largest absolute Gasteiger partial charge is 0.355 e. The SMILES string of the molecule is CC(Sc1ncnc2c1cnn2C)C(=O)NCCC1=CCCCC1. The number of carbonyl (C=O) groups excluding carboxylic acids is 1. The predicted molar refractivity (Wildman–Crippen MR) is 95.8 cm³/mol. The van der Waals surface area contributed by atoms with E-state index in [1.165, 1.54) is 49.3 Å². The molecule has 7 heteroatoms. The number of allylic oxidation sites excluding steroid dienone is 1. The van der Waals surface area contributed by atoms with Crippen molar-refractivity contribution in [3.05, 3.63) is 24.2 Å².